The number of hydrogen-bond acceptors (Lipinski definition) is 6. The lowest BCUT2D eigenvalue weighted by Gasteiger charge is -2.27. The highest BCUT2D eigenvalue weighted by atomic mass is 35.5. The maximum absolute atomic E-state index is 13.8. The maximum atomic E-state index is 13.8. The Kier molecular flexibility index (Phi) is 14.3. The number of aromatic carboxylic acids is 1. The summed E-state index contributed by atoms with van der Waals surface area (Å²) in [5, 5.41) is 22.1. The molecule has 5 aromatic rings. The lowest BCUT2D eigenvalue weighted by atomic mass is 9.95. The Labute approximate surface area is 329 Å². The third kappa shape index (κ3) is 9.37. The van der Waals surface area contributed by atoms with E-state index in [1.54, 1.807) is 6.07 Å². The molecule has 2 N–H and O–H groups in total. The third-order valence-corrected chi connectivity index (χ3v) is 11.4. The van der Waals surface area contributed by atoms with Gasteiger partial charge >= 0.3 is 5.97 Å². The Morgan fingerprint density at radius 3 is 2.53 bits per heavy atom. The summed E-state index contributed by atoms with van der Waals surface area (Å²) in [7, 11) is 2.00. The number of nitrogens with zero attached hydrogens (tertiary/aromatic N) is 4. The van der Waals surface area contributed by atoms with Gasteiger partial charge in [-0.1, -0.05) is 50.6 Å². The van der Waals surface area contributed by atoms with E-state index in [1.807, 2.05) is 46.6 Å². The molecule has 1 fully saturated rings. The molecule has 3 aromatic carbocycles. The number of carboxylic acid groups (broad SMARTS) is 1. The van der Waals surface area contributed by atoms with Crippen molar-refractivity contribution in [1.29, 1.82) is 0 Å². The molecule has 55 heavy (non-hydrogen) atoms. The van der Waals surface area contributed by atoms with Crippen molar-refractivity contribution in [2.45, 2.75) is 85.2 Å². The van der Waals surface area contributed by atoms with Crippen LogP contribution in [-0.2, 0) is 37.7 Å². The summed E-state index contributed by atoms with van der Waals surface area (Å²) in [6.45, 7) is 13.8. The summed E-state index contributed by atoms with van der Waals surface area (Å²) in [5.41, 5.74) is 5.98. The molecule has 0 aliphatic carbocycles. The van der Waals surface area contributed by atoms with Gasteiger partial charge in [0.25, 0.3) is 0 Å². The molecule has 2 aliphatic heterocycles. The monoisotopic (exact) mass is 773 g/mol. The summed E-state index contributed by atoms with van der Waals surface area (Å²) in [5.74, 6) is 0.138. The van der Waals surface area contributed by atoms with Gasteiger partial charge in [-0.05, 0) is 125 Å². The highest BCUT2D eigenvalue weighted by Gasteiger charge is 2.30. The van der Waals surface area contributed by atoms with Crippen LogP contribution in [0.5, 0.6) is 5.75 Å². The van der Waals surface area contributed by atoms with Crippen molar-refractivity contribution >= 4 is 39.2 Å². The van der Waals surface area contributed by atoms with Crippen molar-refractivity contribution in [3.05, 3.63) is 82.0 Å². The molecule has 7 rings (SSSR count). The summed E-state index contributed by atoms with van der Waals surface area (Å²) in [6, 6.07) is 14.2. The molecule has 9 nitrogen and oxygen atoms in total. The fraction of sp³-hybridized carbons (Fsp3) is 0.500. The van der Waals surface area contributed by atoms with E-state index >= 15 is 0 Å². The lowest BCUT2D eigenvalue weighted by Crippen LogP contribution is -2.29. The summed E-state index contributed by atoms with van der Waals surface area (Å²) < 4.78 is 29.6. The number of carboxylic acids is 1. The molecule has 0 atom stereocenters. The number of aryl methyl sites for hydroxylation is 3. The van der Waals surface area contributed by atoms with E-state index < -0.39 is 5.97 Å². The summed E-state index contributed by atoms with van der Waals surface area (Å²) >= 11 is 7.16. The van der Waals surface area contributed by atoms with Crippen LogP contribution in [0.3, 0.4) is 0 Å². The first kappa shape index (κ1) is 40.7. The largest absolute Gasteiger partial charge is 0.493 e. The molecule has 0 amide bonds. The molecule has 11 heteroatoms. The Balaban J connectivity index is 0.000000967. The van der Waals surface area contributed by atoms with Crippen LogP contribution in [0.4, 0.5) is 4.39 Å². The van der Waals surface area contributed by atoms with E-state index in [0.29, 0.717) is 48.4 Å². The van der Waals surface area contributed by atoms with Gasteiger partial charge in [0.1, 0.15) is 17.3 Å². The number of hydrogen-bond donors (Lipinski definition) is 2. The first-order valence-electron chi connectivity index (χ1n) is 20.2. The van der Waals surface area contributed by atoms with Gasteiger partial charge in [0.15, 0.2) is 0 Å². The van der Waals surface area contributed by atoms with Crippen molar-refractivity contribution in [2.75, 3.05) is 46.0 Å². The topological polar surface area (TPSA) is 93.8 Å². The smallest absolute Gasteiger partial charge is 0.352 e. The Hall–Kier alpha value is -3.96. The van der Waals surface area contributed by atoms with E-state index in [9.17, 15) is 14.3 Å². The van der Waals surface area contributed by atoms with Gasteiger partial charge in [0, 0.05) is 60.9 Å². The second kappa shape index (κ2) is 19.3. The van der Waals surface area contributed by atoms with Crippen LogP contribution in [-0.4, -0.2) is 76.3 Å². The highest BCUT2D eigenvalue weighted by Crippen LogP contribution is 2.43. The highest BCUT2D eigenvalue weighted by molar-refractivity contribution is 6.35. The first-order valence-corrected chi connectivity index (χ1v) is 20.6. The molecule has 296 valence electrons. The fourth-order valence-corrected chi connectivity index (χ4v) is 8.64. The van der Waals surface area contributed by atoms with Crippen LogP contribution < -0.4 is 10.1 Å². The zero-order valence-electron chi connectivity index (χ0n) is 32.9. The van der Waals surface area contributed by atoms with Crippen molar-refractivity contribution < 1.29 is 23.8 Å². The Morgan fingerprint density at radius 1 is 1.04 bits per heavy atom. The van der Waals surface area contributed by atoms with E-state index in [0.717, 1.165) is 134 Å². The van der Waals surface area contributed by atoms with E-state index in [4.69, 9.17) is 26.2 Å². The minimum atomic E-state index is -0.939. The van der Waals surface area contributed by atoms with Gasteiger partial charge in [-0.15, -0.1) is 0 Å². The zero-order valence-corrected chi connectivity index (χ0v) is 33.7. The number of nitrogens with one attached hydrogen (secondary N) is 1. The second-order valence-corrected chi connectivity index (χ2v) is 15.1. The normalized spacial score (nSPS) is 15.4. The van der Waals surface area contributed by atoms with E-state index in [1.165, 1.54) is 12.1 Å². The quantitative estimate of drug-likeness (QED) is 0.122. The number of rotatable bonds is 12. The Bertz CT molecular complexity index is 2070. The molecule has 0 bridgehead atoms. The van der Waals surface area contributed by atoms with E-state index in [2.05, 4.69) is 31.0 Å². The van der Waals surface area contributed by atoms with Gasteiger partial charge in [-0.25, -0.2) is 9.18 Å². The van der Waals surface area contributed by atoms with Crippen LogP contribution in [0, 0.1) is 11.7 Å². The zero-order chi connectivity index (χ0) is 38.9. The standard InChI is InChI=1S/C40H46ClFN4O4.C4H11N/c1-3-34-37-33(43-44(34)2)25-45(20-15-26-16-22-49-23-17-26)18-4-5-19-46-38-31(13-14-32(41)36(37)38)30(39(46)40(47)48)9-7-21-50-35-10-6-8-27-24-28(42)11-12-29(27)35;1-3-5-4-2/h6,8,10-14,24,26H,3-5,7,9,15-23,25H2,1-2H3,(H,47,48);5H,3-4H2,1-2H3. The number of carbonyl (C=O) groups is 1. The number of ether oxygens (including phenoxy) is 2. The molecule has 0 saturated carbocycles. The molecule has 4 heterocycles. The second-order valence-electron chi connectivity index (χ2n) is 14.7. The van der Waals surface area contributed by atoms with Gasteiger partial charge in [0.05, 0.1) is 22.8 Å². The summed E-state index contributed by atoms with van der Waals surface area (Å²) in [6.07, 6.45) is 7.06. The van der Waals surface area contributed by atoms with Crippen molar-refractivity contribution in [3.8, 4) is 16.9 Å². The van der Waals surface area contributed by atoms with Gasteiger partial charge in [-0.2, -0.15) is 5.10 Å². The fourth-order valence-electron chi connectivity index (χ4n) is 8.40. The molecule has 2 aromatic heterocycles. The Morgan fingerprint density at radius 2 is 1.80 bits per heavy atom. The van der Waals surface area contributed by atoms with Crippen LogP contribution in [0.1, 0.15) is 86.7 Å². The molecule has 0 unspecified atom stereocenters. The van der Waals surface area contributed by atoms with Crippen LogP contribution in [0.2, 0.25) is 5.02 Å². The number of aromatic nitrogens is 3. The summed E-state index contributed by atoms with van der Waals surface area (Å²) in [4.78, 5) is 15.7. The lowest BCUT2D eigenvalue weighted by molar-refractivity contribution is 0.0595. The molecule has 0 spiro atoms. The van der Waals surface area contributed by atoms with Crippen LogP contribution in [0.25, 0.3) is 32.8 Å². The predicted octanol–water partition coefficient (Wildman–Crippen LogP) is 9.29. The van der Waals surface area contributed by atoms with Crippen molar-refractivity contribution in [1.82, 2.24) is 24.6 Å². The third-order valence-electron chi connectivity index (χ3n) is 11.1. The average molecular weight is 774 g/mol. The van der Waals surface area contributed by atoms with Crippen molar-refractivity contribution in [3.63, 3.8) is 0 Å². The number of benzene rings is 3. The number of halogens is 2. The van der Waals surface area contributed by atoms with Gasteiger partial charge < -0.3 is 24.5 Å². The minimum Gasteiger partial charge on any atom is -0.493 e. The van der Waals surface area contributed by atoms with Crippen molar-refractivity contribution in [2.24, 2.45) is 13.0 Å². The first-order chi connectivity index (χ1) is 26.7. The average Bonchev–Trinajstić information content (AvgIpc) is 3.66. The maximum Gasteiger partial charge on any atom is 0.352 e. The molecule has 2 aliphatic rings. The molecular weight excluding hydrogens is 717 g/mol. The van der Waals surface area contributed by atoms with Crippen LogP contribution in [0.15, 0.2) is 48.5 Å². The molecule has 0 radical (unpaired) electrons. The minimum absolute atomic E-state index is 0.287. The molecule has 1 saturated heterocycles. The van der Waals surface area contributed by atoms with Crippen LogP contribution >= 0.6 is 11.6 Å². The number of fused-ring (bicyclic) bond motifs is 3. The van der Waals surface area contributed by atoms with Gasteiger partial charge in [0.2, 0.25) is 0 Å². The predicted molar refractivity (Wildman–Crippen MR) is 220 cm³/mol. The van der Waals surface area contributed by atoms with E-state index in [-0.39, 0.29) is 5.82 Å². The molecular formula is C44H57ClFN5O4. The van der Waals surface area contributed by atoms with Gasteiger partial charge in [-0.3, -0.25) is 9.58 Å². The SMILES string of the molecule is CCNCC.CCc1c2c(nn1C)CN(CCC1CCOCC1)CCCCn1c(C(=O)O)c(CCCOc3cccc4cc(F)ccc34)c3ccc(Cl)c-2c31.